The maximum absolute atomic E-state index is 11.2. The molecule has 1 atom stereocenters. The van der Waals surface area contributed by atoms with Crippen LogP contribution in [0.3, 0.4) is 0 Å². The van der Waals surface area contributed by atoms with Crippen LogP contribution in [-0.2, 0) is 10.0 Å². The van der Waals surface area contributed by atoms with Gasteiger partial charge in [0.15, 0.2) is 18.1 Å². The molecule has 15 heavy (non-hydrogen) atoms. The molecular formula is C8H9NO5S. The average molecular weight is 231 g/mol. The van der Waals surface area contributed by atoms with E-state index >= 15 is 0 Å². The fourth-order valence-electron chi connectivity index (χ4n) is 1.28. The number of hydrogen-bond acceptors (Lipinski definition) is 5. The lowest BCUT2D eigenvalue weighted by molar-refractivity contribution is -0.0690. The van der Waals surface area contributed by atoms with Gasteiger partial charge in [-0.05, 0) is 12.1 Å². The van der Waals surface area contributed by atoms with E-state index in [-0.39, 0.29) is 23.0 Å². The van der Waals surface area contributed by atoms with Crippen molar-refractivity contribution in [2.24, 2.45) is 5.14 Å². The smallest absolute Gasteiger partial charge is 0.241 e. The SMILES string of the molecule is NS(=O)(=O)c1cccc2c1OC(O)CO2. The second kappa shape index (κ2) is 3.37. The van der Waals surface area contributed by atoms with Gasteiger partial charge >= 0.3 is 0 Å². The maximum Gasteiger partial charge on any atom is 0.241 e. The molecule has 6 nitrogen and oxygen atoms in total. The highest BCUT2D eigenvalue weighted by molar-refractivity contribution is 7.89. The Kier molecular flexibility index (Phi) is 2.29. The Morgan fingerprint density at radius 1 is 1.47 bits per heavy atom. The first-order valence-corrected chi connectivity index (χ1v) is 5.66. The van der Waals surface area contributed by atoms with Gasteiger partial charge in [0.1, 0.15) is 4.90 Å². The van der Waals surface area contributed by atoms with Crippen LogP contribution in [0, 0.1) is 0 Å². The summed E-state index contributed by atoms with van der Waals surface area (Å²) in [6, 6.07) is 4.31. The van der Waals surface area contributed by atoms with E-state index in [4.69, 9.17) is 19.7 Å². The van der Waals surface area contributed by atoms with E-state index in [1.165, 1.54) is 18.2 Å². The third-order valence-electron chi connectivity index (χ3n) is 1.88. The van der Waals surface area contributed by atoms with Crippen LogP contribution in [0.15, 0.2) is 23.1 Å². The highest BCUT2D eigenvalue weighted by atomic mass is 32.2. The summed E-state index contributed by atoms with van der Waals surface area (Å²) < 4.78 is 32.4. The number of primary sulfonamides is 1. The number of hydrogen-bond donors (Lipinski definition) is 2. The van der Waals surface area contributed by atoms with Gasteiger partial charge in [0.25, 0.3) is 0 Å². The number of aliphatic hydroxyl groups is 1. The predicted molar refractivity (Wildman–Crippen MR) is 49.9 cm³/mol. The number of sulfonamides is 1. The first kappa shape index (κ1) is 10.2. The summed E-state index contributed by atoms with van der Waals surface area (Å²) >= 11 is 0. The first-order valence-electron chi connectivity index (χ1n) is 4.12. The zero-order chi connectivity index (χ0) is 11.1. The molecule has 0 fully saturated rings. The molecule has 82 valence electrons. The van der Waals surface area contributed by atoms with E-state index in [0.717, 1.165) is 0 Å². The molecule has 7 heteroatoms. The number of benzene rings is 1. The molecule has 0 saturated heterocycles. The number of para-hydroxylation sites is 1. The van der Waals surface area contributed by atoms with Crippen molar-refractivity contribution >= 4 is 10.0 Å². The minimum atomic E-state index is -3.88. The summed E-state index contributed by atoms with van der Waals surface area (Å²) in [4.78, 5) is -0.196. The van der Waals surface area contributed by atoms with Crippen LogP contribution in [0.5, 0.6) is 11.5 Å². The minimum absolute atomic E-state index is 0.0406. The highest BCUT2D eigenvalue weighted by Gasteiger charge is 2.25. The van der Waals surface area contributed by atoms with Gasteiger partial charge in [-0.3, -0.25) is 0 Å². The molecule has 1 aliphatic rings. The van der Waals surface area contributed by atoms with E-state index < -0.39 is 16.3 Å². The van der Waals surface area contributed by atoms with E-state index in [9.17, 15) is 8.42 Å². The Bertz CT molecular complexity index is 484. The van der Waals surface area contributed by atoms with Gasteiger partial charge in [-0.1, -0.05) is 6.07 Å². The number of ether oxygens (including phenoxy) is 2. The third-order valence-corrected chi connectivity index (χ3v) is 2.82. The molecule has 1 unspecified atom stereocenters. The van der Waals surface area contributed by atoms with Crippen LogP contribution in [0.4, 0.5) is 0 Å². The summed E-state index contributed by atoms with van der Waals surface area (Å²) in [6.07, 6.45) is -1.18. The summed E-state index contributed by atoms with van der Waals surface area (Å²) in [5.41, 5.74) is 0. The number of aliphatic hydroxyl groups excluding tert-OH is 1. The van der Waals surface area contributed by atoms with Crippen LogP contribution >= 0.6 is 0 Å². The molecular weight excluding hydrogens is 222 g/mol. The van der Waals surface area contributed by atoms with E-state index in [1.54, 1.807) is 0 Å². The molecule has 0 radical (unpaired) electrons. The molecule has 0 spiro atoms. The largest absolute Gasteiger partial charge is 0.483 e. The zero-order valence-electron chi connectivity index (χ0n) is 7.58. The van der Waals surface area contributed by atoms with E-state index in [0.29, 0.717) is 0 Å². The van der Waals surface area contributed by atoms with Crippen molar-refractivity contribution in [3.63, 3.8) is 0 Å². The normalized spacial score (nSPS) is 20.0. The quantitative estimate of drug-likeness (QED) is 0.674. The highest BCUT2D eigenvalue weighted by Crippen LogP contribution is 2.36. The molecule has 0 bridgehead atoms. The summed E-state index contributed by atoms with van der Waals surface area (Å²) in [5.74, 6) is 0.213. The third kappa shape index (κ3) is 1.89. The molecule has 1 aliphatic heterocycles. The van der Waals surface area contributed by atoms with Crippen LogP contribution < -0.4 is 14.6 Å². The molecule has 1 aromatic rings. The lowest BCUT2D eigenvalue weighted by Gasteiger charge is -2.23. The van der Waals surface area contributed by atoms with Crippen molar-refractivity contribution in [2.45, 2.75) is 11.2 Å². The molecule has 2 rings (SSSR count). The molecule has 0 aromatic heterocycles. The monoisotopic (exact) mass is 231 g/mol. The van der Waals surface area contributed by atoms with Gasteiger partial charge in [-0.25, -0.2) is 13.6 Å². The van der Waals surface area contributed by atoms with Crippen LogP contribution in [0.2, 0.25) is 0 Å². The Morgan fingerprint density at radius 3 is 2.87 bits per heavy atom. The topological polar surface area (TPSA) is 98.9 Å². The molecule has 1 aromatic carbocycles. The fraction of sp³-hybridized carbons (Fsp3) is 0.250. The van der Waals surface area contributed by atoms with Crippen molar-refractivity contribution in [2.75, 3.05) is 6.61 Å². The lowest BCUT2D eigenvalue weighted by Crippen LogP contribution is -2.29. The van der Waals surface area contributed by atoms with Gasteiger partial charge in [0.2, 0.25) is 16.3 Å². The standard InChI is InChI=1S/C8H9NO5S/c9-15(11,12)6-3-1-2-5-8(6)14-7(10)4-13-5/h1-3,7,10H,4H2,(H2,9,11,12). The average Bonchev–Trinajstić information content (AvgIpc) is 2.15. The van der Waals surface area contributed by atoms with Crippen LogP contribution in [0.1, 0.15) is 0 Å². The number of nitrogens with two attached hydrogens (primary N) is 1. The fourth-order valence-corrected chi connectivity index (χ4v) is 1.96. The molecule has 0 aliphatic carbocycles. The Morgan fingerprint density at radius 2 is 2.20 bits per heavy atom. The Hall–Kier alpha value is -1.31. The van der Waals surface area contributed by atoms with Gasteiger partial charge in [0, 0.05) is 0 Å². The maximum atomic E-state index is 11.2. The zero-order valence-corrected chi connectivity index (χ0v) is 8.40. The lowest BCUT2D eigenvalue weighted by atomic mass is 10.3. The molecule has 1 heterocycles. The first-order chi connectivity index (χ1) is 6.98. The molecule has 3 N–H and O–H groups in total. The van der Waals surface area contributed by atoms with Crippen molar-refractivity contribution in [1.29, 1.82) is 0 Å². The second-order valence-electron chi connectivity index (χ2n) is 3.01. The van der Waals surface area contributed by atoms with Crippen LogP contribution in [-0.4, -0.2) is 26.4 Å². The summed E-state index contributed by atoms with van der Waals surface area (Å²) in [5, 5.41) is 14.1. The van der Waals surface area contributed by atoms with Gasteiger partial charge < -0.3 is 14.6 Å². The molecule has 0 saturated carbocycles. The van der Waals surface area contributed by atoms with Gasteiger partial charge in [0.05, 0.1) is 0 Å². The van der Waals surface area contributed by atoms with E-state index in [2.05, 4.69) is 0 Å². The summed E-state index contributed by atoms with van der Waals surface area (Å²) in [6.45, 7) is -0.0406. The van der Waals surface area contributed by atoms with Crippen molar-refractivity contribution < 1.29 is 23.0 Å². The predicted octanol–water partition coefficient (Wildman–Crippen LogP) is -0.576. The van der Waals surface area contributed by atoms with Gasteiger partial charge in [-0.2, -0.15) is 0 Å². The van der Waals surface area contributed by atoms with Crippen LogP contribution in [0.25, 0.3) is 0 Å². The number of rotatable bonds is 1. The van der Waals surface area contributed by atoms with E-state index in [1.807, 2.05) is 0 Å². The number of fused-ring (bicyclic) bond motifs is 1. The minimum Gasteiger partial charge on any atom is -0.483 e. The van der Waals surface area contributed by atoms with Crippen molar-refractivity contribution in [3.05, 3.63) is 18.2 Å². The van der Waals surface area contributed by atoms with Crippen molar-refractivity contribution in [1.82, 2.24) is 0 Å². The van der Waals surface area contributed by atoms with Crippen molar-refractivity contribution in [3.8, 4) is 11.5 Å². The van der Waals surface area contributed by atoms with Gasteiger partial charge in [-0.15, -0.1) is 0 Å². The Balaban J connectivity index is 2.59. The Labute approximate surface area is 86.3 Å². The second-order valence-corrected chi connectivity index (χ2v) is 4.54. The summed E-state index contributed by atoms with van der Waals surface area (Å²) in [7, 11) is -3.88. The molecule has 0 amide bonds.